The van der Waals surface area contributed by atoms with Crippen LogP contribution >= 0.6 is 34.8 Å². The molecule has 5 rings (SSSR count). The molecule has 1 fully saturated rings. The maximum Gasteiger partial charge on any atom is 0.235 e. The fourth-order valence-corrected chi connectivity index (χ4v) is 6.00. The van der Waals surface area contributed by atoms with Gasteiger partial charge in [-0.25, -0.2) is 0 Å². The molecular formula is C27H22Cl3NO3. The topological polar surface area (TPSA) is 55.4 Å². The Balaban J connectivity index is 1.74. The molecule has 1 aliphatic heterocycles. The third-order valence-corrected chi connectivity index (χ3v) is 7.61. The molecular weight excluding hydrogens is 493 g/mol. The lowest BCUT2D eigenvalue weighted by molar-refractivity contribution is -0.128. The lowest BCUT2D eigenvalue weighted by Crippen LogP contribution is -2.43. The van der Waals surface area contributed by atoms with Crippen LogP contribution in [0.4, 0.5) is 0 Å². The van der Waals surface area contributed by atoms with Gasteiger partial charge in [0.05, 0.1) is 12.0 Å². The van der Waals surface area contributed by atoms with E-state index in [1.54, 1.807) is 30.3 Å². The molecule has 2 aliphatic carbocycles. The van der Waals surface area contributed by atoms with Crippen LogP contribution in [-0.2, 0) is 9.59 Å². The van der Waals surface area contributed by atoms with Crippen molar-refractivity contribution in [1.29, 1.82) is 0 Å². The molecule has 3 atom stereocenters. The number of amides is 1. The van der Waals surface area contributed by atoms with Gasteiger partial charge in [0.2, 0.25) is 5.91 Å². The fraction of sp³-hybridized carbons (Fsp3) is 0.259. The number of benzene rings is 2. The van der Waals surface area contributed by atoms with E-state index in [0.717, 1.165) is 11.3 Å². The number of nitrogens with one attached hydrogen (secondary N) is 1. The van der Waals surface area contributed by atoms with E-state index in [1.807, 2.05) is 37.3 Å². The summed E-state index contributed by atoms with van der Waals surface area (Å²) in [5, 5.41) is 4.72. The second kappa shape index (κ2) is 8.92. The molecule has 1 N–H and O–H groups in total. The van der Waals surface area contributed by atoms with E-state index in [-0.39, 0.29) is 29.9 Å². The van der Waals surface area contributed by atoms with Crippen LogP contribution in [0.25, 0.3) is 5.57 Å². The number of fused-ring (bicyclic) bond motifs is 2. The molecule has 4 nitrogen and oxygen atoms in total. The maximum atomic E-state index is 13.8. The molecule has 1 unspecified atom stereocenters. The van der Waals surface area contributed by atoms with E-state index >= 15 is 0 Å². The molecule has 1 amide bonds. The lowest BCUT2D eigenvalue weighted by Gasteiger charge is -2.41. The molecule has 7 heteroatoms. The van der Waals surface area contributed by atoms with Gasteiger partial charge in [0.15, 0.2) is 5.78 Å². The summed E-state index contributed by atoms with van der Waals surface area (Å²) >= 11 is 18.8. The summed E-state index contributed by atoms with van der Waals surface area (Å²) in [6, 6.07) is 12.6. The molecule has 1 saturated heterocycles. The monoisotopic (exact) mass is 513 g/mol. The average Bonchev–Trinajstić information content (AvgIpc) is 3.06. The zero-order valence-corrected chi connectivity index (χ0v) is 20.7. The van der Waals surface area contributed by atoms with E-state index in [0.29, 0.717) is 45.0 Å². The summed E-state index contributed by atoms with van der Waals surface area (Å²) in [7, 11) is 0. The third-order valence-electron chi connectivity index (χ3n) is 6.88. The predicted molar refractivity (Wildman–Crippen MR) is 135 cm³/mol. The van der Waals surface area contributed by atoms with Crippen molar-refractivity contribution in [2.45, 2.75) is 25.7 Å². The largest absolute Gasteiger partial charge is 0.493 e. The van der Waals surface area contributed by atoms with Gasteiger partial charge in [0.25, 0.3) is 0 Å². The molecule has 1 heterocycles. The average molecular weight is 515 g/mol. The zero-order chi connectivity index (χ0) is 24.0. The summed E-state index contributed by atoms with van der Waals surface area (Å²) < 4.78 is 5.81. The van der Waals surface area contributed by atoms with Crippen molar-refractivity contribution in [2.24, 2.45) is 11.3 Å². The summed E-state index contributed by atoms with van der Waals surface area (Å²) in [6.07, 6.45) is 6.32. The first-order chi connectivity index (χ1) is 16.3. The highest BCUT2D eigenvalue weighted by molar-refractivity contribution is 6.32. The van der Waals surface area contributed by atoms with Crippen LogP contribution < -0.4 is 10.1 Å². The van der Waals surface area contributed by atoms with Gasteiger partial charge in [0, 0.05) is 50.2 Å². The Morgan fingerprint density at radius 1 is 1.06 bits per heavy atom. The summed E-state index contributed by atoms with van der Waals surface area (Å²) in [4.78, 5) is 27.4. The number of hydrogen-bond acceptors (Lipinski definition) is 3. The normalized spacial score (nSPS) is 25.9. The molecule has 34 heavy (non-hydrogen) atoms. The Hall–Kier alpha value is -2.53. The van der Waals surface area contributed by atoms with Gasteiger partial charge in [-0.05, 0) is 55.3 Å². The Morgan fingerprint density at radius 3 is 2.62 bits per heavy atom. The standard InChI is InChI=1S/C27H22Cl3NO3/c1-2-34-25-12-18(30)6-8-19(25)20-14-27(21-9-7-17(29)11-23(21)31-26(27)33)22(13-24(20)32)15-4-3-5-16(28)10-15/h3-8,10-12,14,21-22H,2,9,13H2,1H3,(H,31,33)/t21?,22-,27-/m0/s1. The molecule has 0 radical (unpaired) electrons. The van der Waals surface area contributed by atoms with Crippen LogP contribution in [0.15, 0.2) is 71.4 Å². The van der Waals surface area contributed by atoms with Gasteiger partial charge in [-0.15, -0.1) is 0 Å². The van der Waals surface area contributed by atoms with Crippen molar-refractivity contribution in [2.75, 3.05) is 6.61 Å². The summed E-state index contributed by atoms with van der Waals surface area (Å²) in [5.74, 6) is -0.255. The zero-order valence-electron chi connectivity index (χ0n) is 18.4. The highest BCUT2D eigenvalue weighted by Crippen LogP contribution is 2.58. The molecule has 0 bridgehead atoms. The van der Waals surface area contributed by atoms with E-state index < -0.39 is 5.41 Å². The minimum atomic E-state index is -0.989. The van der Waals surface area contributed by atoms with Crippen LogP contribution in [-0.4, -0.2) is 18.3 Å². The number of ether oxygens (including phenoxy) is 1. The number of hydrogen-bond donors (Lipinski definition) is 1. The minimum Gasteiger partial charge on any atom is -0.493 e. The second-order valence-electron chi connectivity index (χ2n) is 8.73. The molecule has 3 aliphatic rings. The Bertz CT molecular complexity index is 1300. The van der Waals surface area contributed by atoms with E-state index in [4.69, 9.17) is 39.5 Å². The van der Waals surface area contributed by atoms with Crippen molar-refractivity contribution in [3.05, 3.63) is 92.6 Å². The first kappa shape index (κ1) is 23.2. The quantitative estimate of drug-likeness (QED) is 0.495. The molecule has 2 aromatic carbocycles. The van der Waals surface area contributed by atoms with Gasteiger partial charge in [-0.1, -0.05) is 59.1 Å². The number of halogens is 3. The summed E-state index contributed by atoms with van der Waals surface area (Å²) in [5.41, 5.74) is 1.74. The van der Waals surface area contributed by atoms with Crippen LogP contribution in [0.3, 0.4) is 0 Å². The molecule has 0 saturated carbocycles. The van der Waals surface area contributed by atoms with Gasteiger partial charge >= 0.3 is 0 Å². The maximum absolute atomic E-state index is 13.8. The van der Waals surface area contributed by atoms with Crippen molar-refractivity contribution in [1.82, 2.24) is 5.32 Å². The van der Waals surface area contributed by atoms with Crippen molar-refractivity contribution >= 4 is 52.1 Å². The van der Waals surface area contributed by atoms with Crippen LogP contribution in [0.2, 0.25) is 10.0 Å². The van der Waals surface area contributed by atoms with Crippen LogP contribution in [0.1, 0.15) is 36.8 Å². The molecule has 0 aromatic heterocycles. The van der Waals surface area contributed by atoms with Crippen molar-refractivity contribution < 1.29 is 14.3 Å². The number of rotatable bonds is 4. The van der Waals surface area contributed by atoms with Crippen molar-refractivity contribution in [3.8, 4) is 5.75 Å². The minimum absolute atomic E-state index is 0.0616. The van der Waals surface area contributed by atoms with E-state index in [1.165, 1.54) is 0 Å². The number of Topliss-reactive ketones (excluding diaryl/α,β-unsaturated/α-hetero) is 1. The van der Waals surface area contributed by atoms with Gasteiger partial charge < -0.3 is 10.1 Å². The third kappa shape index (κ3) is 3.78. The van der Waals surface area contributed by atoms with E-state index in [9.17, 15) is 9.59 Å². The molecule has 1 spiro atoms. The molecule has 2 aromatic rings. The second-order valence-corrected chi connectivity index (χ2v) is 10.0. The van der Waals surface area contributed by atoms with Gasteiger partial charge in [0.1, 0.15) is 5.75 Å². The van der Waals surface area contributed by atoms with Crippen molar-refractivity contribution in [3.63, 3.8) is 0 Å². The SMILES string of the molecule is CCOc1cc(Cl)ccc1C1=C[C@@]2(C(=O)NC3=CC(Cl)=CCC32)[C@H](c2cccc(Cl)c2)CC1=O. The number of ketones is 1. The van der Waals surface area contributed by atoms with Gasteiger partial charge in [-0.2, -0.15) is 0 Å². The number of carbonyl (C=O) groups excluding carboxylic acids is 2. The van der Waals surface area contributed by atoms with Crippen LogP contribution in [0, 0.1) is 11.3 Å². The Morgan fingerprint density at radius 2 is 1.85 bits per heavy atom. The first-order valence-electron chi connectivity index (χ1n) is 11.2. The highest BCUT2D eigenvalue weighted by Gasteiger charge is 2.59. The lowest BCUT2D eigenvalue weighted by atomic mass is 9.58. The van der Waals surface area contributed by atoms with Gasteiger partial charge in [-0.3, -0.25) is 9.59 Å². The fourth-order valence-electron chi connectivity index (χ4n) is 5.43. The molecule has 174 valence electrons. The first-order valence-corrected chi connectivity index (χ1v) is 12.3. The Labute approximate surface area is 213 Å². The predicted octanol–water partition coefficient (Wildman–Crippen LogP) is 6.67. The summed E-state index contributed by atoms with van der Waals surface area (Å²) in [6.45, 7) is 2.29. The van der Waals surface area contributed by atoms with Crippen LogP contribution in [0.5, 0.6) is 5.75 Å². The smallest absolute Gasteiger partial charge is 0.235 e. The number of allylic oxidation sites excluding steroid dienone is 5. The highest BCUT2D eigenvalue weighted by atomic mass is 35.5. The number of carbonyl (C=O) groups is 2. The Kier molecular flexibility index (Phi) is 6.09. The van der Waals surface area contributed by atoms with E-state index in [2.05, 4.69) is 5.32 Å².